The van der Waals surface area contributed by atoms with Gasteiger partial charge < -0.3 is 10.6 Å². The van der Waals surface area contributed by atoms with Gasteiger partial charge in [0, 0.05) is 13.0 Å². The van der Waals surface area contributed by atoms with Gasteiger partial charge in [-0.15, -0.1) is 0 Å². The van der Waals surface area contributed by atoms with E-state index in [4.69, 9.17) is 0 Å². The minimum Gasteiger partial charge on any atom is -0.323 e. The third kappa shape index (κ3) is 2.20. The zero-order chi connectivity index (χ0) is 12.6. The summed E-state index contributed by atoms with van der Waals surface area (Å²) in [6.07, 6.45) is 0. The Hall–Kier alpha value is -1.36. The van der Waals surface area contributed by atoms with Gasteiger partial charge >= 0.3 is 0 Å². The molecule has 0 bridgehead atoms. The summed E-state index contributed by atoms with van der Waals surface area (Å²) in [7, 11) is 1.89. The van der Waals surface area contributed by atoms with Crippen molar-refractivity contribution in [1.82, 2.24) is 15.1 Å². The highest BCUT2D eigenvalue weighted by Gasteiger charge is 2.29. The van der Waals surface area contributed by atoms with E-state index in [1.165, 1.54) is 0 Å². The topological polar surface area (TPSA) is 59.0 Å². The first kappa shape index (κ1) is 12.1. The predicted octanol–water partition coefficient (Wildman–Crippen LogP) is 0.831. The van der Waals surface area contributed by atoms with Crippen LogP contribution in [0.15, 0.2) is 0 Å². The van der Waals surface area contributed by atoms with Gasteiger partial charge in [0.15, 0.2) is 0 Å². The lowest BCUT2D eigenvalue weighted by Crippen LogP contribution is -2.48. The molecule has 1 aliphatic rings. The summed E-state index contributed by atoms with van der Waals surface area (Å²) in [5.41, 5.74) is 2.73. The fraction of sp³-hybridized carbons (Fsp3) is 0.667. The van der Waals surface area contributed by atoms with Crippen LogP contribution in [0.4, 0.5) is 5.69 Å². The van der Waals surface area contributed by atoms with Crippen molar-refractivity contribution in [3.8, 4) is 0 Å². The highest BCUT2D eigenvalue weighted by atomic mass is 16.1. The second-order valence-corrected chi connectivity index (χ2v) is 4.87. The van der Waals surface area contributed by atoms with E-state index in [9.17, 15) is 4.79 Å². The Kier molecular flexibility index (Phi) is 3.19. The first-order valence-electron chi connectivity index (χ1n) is 6.02. The number of aryl methyl sites for hydroxylation is 2. The van der Waals surface area contributed by atoms with Gasteiger partial charge in [-0.1, -0.05) is 6.92 Å². The van der Waals surface area contributed by atoms with Crippen LogP contribution in [0.5, 0.6) is 0 Å². The third-order valence-corrected chi connectivity index (χ3v) is 3.69. The first-order valence-corrected chi connectivity index (χ1v) is 6.02. The second kappa shape index (κ2) is 4.49. The van der Waals surface area contributed by atoms with Gasteiger partial charge in [0.05, 0.1) is 17.1 Å². The van der Waals surface area contributed by atoms with Crippen LogP contribution in [0.3, 0.4) is 0 Å². The molecule has 1 aromatic heterocycles. The Bertz CT molecular complexity index is 434. The van der Waals surface area contributed by atoms with Crippen molar-refractivity contribution in [2.75, 3.05) is 18.4 Å². The number of rotatable bonds is 3. The molecule has 1 saturated heterocycles. The molecule has 1 unspecified atom stereocenters. The Morgan fingerprint density at radius 2 is 2.18 bits per heavy atom. The summed E-state index contributed by atoms with van der Waals surface area (Å²) in [5, 5.41) is 10.5. The summed E-state index contributed by atoms with van der Waals surface area (Å²) in [6.45, 7) is 7.75. The van der Waals surface area contributed by atoms with Crippen LogP contribution >= 0.6 is 0 Å². The second-order valence-electron chi connectivity index (χ2n) is 4.87. The summed E-state index contributed by atoms with van der Waals surface area (Å²) in [6, 6.07) is 0. The molecule has 0 aliphatic carbocycles. The van der Waals surface area contributed by atoms with E-state index in [2.05, 4.69) is 15.7 Å². The Balaban J connectivity index is 2.07. The molecule has 1 aliphatic heterocycles. The fourth-order valence-corrected chi connectivity index (χ4v) is 2.07. The van der Waals surface area contributed by atoms with Gasteiger partial charge in [-0.25, -0.2) is 0 Å². The molecule has 94 valence electrons. The quantitative estimate of drug-likeness (QED) is 0.817. The zero-order valence-electron chi connectivity index (χ0n) is 10.9. The van der Waals surface area contributed by atoms with E-state index in [0.717, 1.165) is 30.2 Å². The van der Waals surface area contributed by atoms with Gasteiger partial charge in [0.1, 0.15) is 0 Å². The van der Waals surface area contributed by atoms with Crippen molar-refractivity contribution in [2.45, 2.75) is 20.8 Å². The van der Waals surface area contributed by atoms with Crippen molar-refractivity contribution in [3.63, 3.8) is 0 Å². The minimum absolute atomic E-state index is 0.0512. The third-order valence-electron chi connectivity index (χ3n) is 3.69. The van der Waals surface area contributed by atoms with E-state index in [-0.39, 0.29) is 11.8 Å². The monoisotopic (exact) mass is 236 g/mol. The van der Waals surface area contributed by atoms with E-state index in [0.29, 0.717) is 5.92 Å². The van der Waals surface area contributed by atoms with Crippen LogP contribution < -0.4 is 10.6 Å². The van der Waals surface area contributed by atoms with Gasteiger partial charge in [-0.05, 0) is 32.9 Å². The minimum atomic E-state index is 0.0512. The number of hydrogen-bond acceptors (Lipinski definition) is 3. The van der Waals surface area contributed by atoms with Gasteiger partial charge in [-0.2, -0.15) is 5.10 Å². The van der Waals surface area contributed by atoms with E-state index in [1.54, 1.807) is 4.68 Å². The normalized spacial score (nSPS) is 17.6. The smallest absolute Gasteiger partial charge is 0.227 e. The number of anilines is 1. The molecule has 17 heavy (non-hydrogen) atoms. The van der Waals surface area contributed by atoms with Crippen LogP contribution in [0.2, 0.25) is 0 Å². The van der Waals surface area contributed by atoms with Crippen molar-refractivity contribution in [1.29, 1.82) is 0 Å². The number of amides is 1. The number of hydrogen-bond donors (Lipinski definition) is 2. The molecule has 1 amide bonds. The lowest BCUT2D eigenvalue weighted by atomic mass is 9.88. The molecule has 1 atom stereocenters. The Morgan fingerprint density at radius 1 is 1.53 bits per heavy atom. The summed E-state index contributed by atoms with van der Waals surface area (Å²) in [4.78, 5) is 12.1. The maximum absolute atomic E-state index is 12.1. The van der Waals surface area contributed by atoms with Crippen molar-refractivity contribution in [2.24, 2.45) is 18.9 Å². The zero-order valence-corrected chi connectivity index (χ0v) is 10.9. The maximum Gasteiger partial charge on any atom is 0.227 e. The van der Waals surface area contributed by atoms with E-state index >= 15 is 0 Å². The lowest BCUT2D eigenvalue weighted by Gasteiger charge is -2.31. The molecular weight excluding hydrogens is 216 g/mol. The van der Waals surface area contributed by atoms with Gasteiger partial charge in [0.2, 0.25) is 5.91 Å². The highest BCUT2D eigenvalue weighted by molar-refractivity contribution is 5.93. The predicted molar refractivity (Wildman–Crippen MR) is 66.8 cm³/mol. The molecule has 2 heterocycles. The molecular formula is C12H20N4O. The summed E-state index contributed by atoms with van der Waals surface area (Å²) >= 11 is 0. The molecule has 2 rings (SSSR count). The first-order chi connectivity index (χ1) is 8.00. The summed E-state index contributed by atoms with van der Waals surface area (Å²) < 4.78 is 1.79. The number of carbonyl (C=O) groups is 1. The Morgan fingerprint density at radius 3 is 2.59 bits per heavy atom. The highest BCUT2D eigenvalue weighted by Crippen LogP contribution is 2.22. The SMILES string of the molecule is Cc1nn(C)c(C)c1NC(=O)C(C)C1CNC1. The van der Waals surface area contributed by atoms with Crippen LogP contribution in [-0.4, -0.2) is 28.8 Å². The van der Waals surface area contributed by atoms with Crippen LogP contribution in [0, 0.1) is 25.7 Å². The number of aromatic nitrogens is 2. The van der Waals surface area contributed by atoms with E-state index in [1.807, 2.05) is 27.8 Å². The average molecular weight is 236 g/mol. The molecule has 0 radical (unpaired) electrons. The molecule has 0 saturated carbocycles. The number of carbonyl (C=O) groups excluding carboxylic acids is 1. The molecule has 1 fully saturated rings. The average Bonchev–Trinajstić information content (AvgIpc) is 2.42. The summed E-state index contributed by atoms with van der Waals surface area (Å²) in [5.74, 6) is 0.609. The van der Waals surface area contributed by atoms with Crippen molar-refractivity contribution in [3.05, 3.63) is 11.4 Å². The molecule has 0 aromatic carbocycles. The fourth-order valence-electron chi connectivity index (χ4n) is 2.07. The maximum atomic E-state index is 12.1. The van der Waals surface area contributed by atoms with Gasteiger partial charge in [0.25, 0.3) is 0 Å². The molecule has 1 aromatic rings. The molecule has 2 N–H and O–H groups in total. The molecule has 5 heteroatoms. The van der Waals surface area contributed by atoms with Crippen LogP contribution in [-0.2, 0) is 11.8 Å². The van der Waals surface area contributed by atoms with E-state index < -0.39 is 0 Å². The standard InChI is InChI=1S/C12H20N4O/c1-7(10-5-13-6-10)12(17)14-11-8(2)15-16(4)9(11)3/h7,10,13H,5-6H2,1-4H3,(H,14,17). The molecule has 0 spiro atoms. The Labute approximate surface area is 102 Å². The molecule has 5 nitrogen and oxygen atoms in total. The van der Waals surface area contributed by atoms with Crippen molar-refractivity contribution >= 4 is 11.6 Å². The van der Waals surface area contributed by atoms with Crippen LogP contribution in [0.25, 0.3) is 0 Å². The largest absolute Gasteiger partial charge is 0.323 e. The number of nitrogens with zero attached hydrogens (tertiary/aromatic N) is 2. The van der Waals surface area contributed by atoms with Crippen LogP contribution in [0.1, 0.15) is 18.3 Å². The number of nitrogens with one attached hydrogen (secondary N) is 2. The lowest BCUT2D eigenvalue weighted by molar-refractivity contribution is -0.121. The van der Waals surface area contributed by atoms with Crippen molar-refractivity contribution < 1.29 is 4.79 Å². The van der Waals surface area contributed by atoms with Gasteiger partial charge in [-0.3, -0.25) is 9.48 Å².